The van der Waals surface area contributed by atoms with E-state index in [4.69, 9.17) is 5.10 Å². The SMILES string of the molecule is Cc1nc(C(C)C)c(-c2nn3c(-c4ccccn4)nnc3s2)s1. The molecule has 0 radical (unpaired) electrons. The molecule has 4 rings (SSSR count). The maximum atomic E-state index is 4.72. The topological polar surface area (TPSA) is 68.9 Å². The lowest BCUT2D eigenvalue weighted by Gasteiger charge is -2.01. The van der Waals surface area contributed by atoms with Crippen LogP contribution in [0.3, 0.4) is 0 Å². The van der Waals surface area contributed by atoms with Crippen molar-refractivity contribution in [2.75, 3.05) is 0 Å². The third kappa shape index (κ3) is 2.43. The summed E-state index contributed by atoms with van der Waals surface area (Å²) in [6.45, 7) is 6.33. The second-order valence-electron chi connectivity index (χ2n) is 5.44. The first-order valence-electron chi connectivity index (χ1n) is 7.25. The molecule has 0 aromatic carbocycles. The van der Waals surface area contributed by atoms with Crippen LogP contribution < -0.4 is 0 Å². The van der Waals surface area contributed by atoms with Gasteiger partial charge >= 0.3 is 0 Å². The Hall–Kier alpha value is -2.19. The molecule has 0 aliphatic heterocycles. The zero-order valence-corrected chi connectivity index (χ0v) is 14.5. The monoisotopic (exact) mass is 342 g/mol. The Bertz CT molecular complexity index is 967. The van der Waals surface area contributed by atoms with Gasteiger partial charge in [-0.25, -0.2) is 4.98 Å². The second kappa shape index (κ2) is 5.47. The van der Waals surface area contributed by atoms with Crippen molar-refractivity contribution in [3.8, 4) is 21.4 Å². The largest absolute Gasteiger partial charge is 0.253 e. The lowest BCUT2D eigenvalue weighted by molar-refractivity contribution is 0.829. The highest BCUT2D eigenvalue weighted by molar-refractivity contribution is 7.24. The van der Waals surface area contributed by atoms with Gasteiger partial charge in [0.05, 0.1) is 15.6 Å². The highest BCUT2D eigenvalue weighted by Crippen LogP contribution is 2.37. The third-order valence-electron chi connectivity index (χ3n) is 3.39. The average Bonchev–Trinajstić information content (AvgIpc) is 3.20. The molecule has 0 saturated carbocycles. The summed E-state index contributed by atoms with van der Waals surface area (Å²) >= 11 is 3.21. The van der Waals surface area contributed by atoms with Crippen molar-refractivity contribution in [3.05, 3.63) is 35.1 Å². The van der Waals surface area contributed by atoms with Gasteiger partial charge < -0.3 is 0 Å². The fourth-order valence-electron chi connectivity index (χ4n) is 2.35. The minimum Gasteiger partial charge on any atom is -0.253 e. The minimum atomic E-state index is 0.361. The van der Waals surface area contributed by atoms with Gasteiger partial charge in [-0.1, -0.05) is 31.3 Å². The molecule has 0 bridgehead atoms. The Labute approximate surface area is 140 Å². The molecule has 23 heavy (non-hydrogen) atoms. The fraction of sp³-hybridized carbons (Fsp3) is 0.267. The molecule has 6 nitrogen and oxygen atoms in total. The number of aryl methyl sites for hydroxylation is 1. The van der Waals surface area contributed by atoms with E-state index in [1.807, 2.05) is 25.1 Å². The number of aromatic nitrogens is 6. The molecule has 116 valence electrons. The molecule has 0 fully saturated rings. The molecule has 0 spiro atoms. The van der Waals surface area contributed by atoms with Crippen LogP contribution in [-0.4, -0.2) is 29.8 Å². The first-order valence-corrected chi connectivity index (χ1v) is 8.88. The van der Waals surface area contributed by atoms with Crippen LogP contribution in [0.25, 0.3) is 26.4 Å². The van der Waals surface area contributed by atoms with Gasteiger partial charge in [0.25, 0.3) is 0 Å². The predicted molar refractivity (Wildman–Crippen MR) is 91.8 cm³/mol. The van der Waals surface area contributed by atoms with Crippen LogP contribution in [-0.2, 0) is 0 Å². The van der Waals surface area contributed by atoms with Gasteiger partial charge in [0.15, 0.2) is 5.01 Å². The lowest BCUT2D eigenvalue weighted by atomic mass is 10.1. The van der Waals surface area contributed by atoms with Crippen molar-refractivity contribution in [2.24, 2.45) is 0 Å². The summed E-state index contributed by atoms with van der Waals surface area (Å²) in [6.07, 6.45) is 1.74. The van der Waals surface area contributed by atoms with Crippen molar-refractivity contribution in [1.29, 1.82) is 0 Å². The van der Waals surface area contributed by atoms with Gasteiger partial charge in [-0.2, -0.15) is 9.61 Å². The van der Waals surface area contributed by atoms with Crippen molar-refractivity contribution >= 4 is 27.6 Å². The van der Waals surface area contributed by atoms with Crippen LogP contribution >= 0.6 is 22.7 Å². The molecule has 8 heteroatoms. The fourth-order valence-corrected chi connectivity index (χ4v) is 4.34. The van der Waals surface area contributed by atoms with E-state index in [0.29, 0.717) is 11.7 Å². The summed E-state index contributed by atoms with van der Waals surface area (Å²) in [7, 11) is 0. The van der Waals surface area contributed by atoms with E-state index in [9.17, 15) is 0 Å². The molecule has 0 atom stereocenters. The van der Waals surface area contributed by atoms with E-state index in [-0.39, 0.29) is 0 Å². The van der Waals surface area contributed by atoms with Crippen LogP contribution in [0.15, 0.2) is 24.4 Å². The molecule has 0 saturated heterocycles. The smallest absolute Gasteiger partial charge is 0.235 e. The molecule has 0 aliphatic rings. The van der Waals surface area contributed by atoms with E-state index < -0.39 is 0 Å². The average molecular weight is 342 g/mol. The summed E-state index contributed by atoms with van der Waals surface area (Å²) in [6, 6.07) is 5.72. The number of hydrogen-bond acceptors (Lipinski definition) is 7. The summed E-state index contributed by atoms with van der Waals surface area (Å²) in [5, 5.41) is 15.1. The normalized spacial score (nSPS) is 11.7. The Morgan fingerprint density at radius 2 is 2.00 bits per heavy atom. The van der Waals surface area contributed by atoms with Gasteiger partial charge in [0.2, 0.25) is 10.8 Å². The molecule has 0 N–H and O–H groups in total. The Balaban J connectivity index is 1.87. The van der Waals surface area contributed by atoms with Gasteiger partial charge in [-0.05, 0) is 25.0 Å². The molecular weight excluding hydrogens is 328 g/mol. The zero-order valence-electron chi connectivity index (χ0n) is 12.9. The number of fused-ring (bicyclic) bond motifs is 1. The van der Waals surface area contributed by atoms with Gasteiger partial charge in [-0.3, -0.25) is 4.98 Å². The van der Waals surface area contributed by atoms with E-state index in [1.54, 1.807) is 22.0 Å². The Kier molecular flexibility index (Phi) is 3.42. The van der Waals surface area contributed by atoms with Crippen LogP contribution in [0.2, 0.25) is 0 Å². The summed E-state index contributed by atoms with van der Waals surface area (Å²) in [4.78, 5) is 10.9. The number of rotatable bonds is 3. The summed E-state index contributed by atoms with van der Waals surface area (Å²) in [5.74, 6) is 1.02. The molecule has 4 aromatic heterocycles. The zero-order chi connectivity index (χ0) is 16.0. The summed E-state index contributed by atoms with van der Waals surface area (Å²) in [5.41, 5.74) is 1.86. The standard InChI is InChI=1S/C15H14N6S2/c1-8(2)11-12(22-9(3)17-11)14-20-21-13(18-19-15(21)23-14)10-6-4-5-7-16-10/h4-8H,1-3H3. The number of pyridine rings is 1. The number of nitrogens with zero attached hydrogens (tertiary/aromatic N) is 6. The van der Waals surface area contributed by atoms with Crippen molar-refractivity contribution < 1.29 is 0 Å². The molecule has 0 unspecified atom stereocenters. The van der Waals surface area contributed by atoms with Crippen LogP contribution in [0.1, 0.15) is 30.5 Å². The van der Waals surface area contributed by atoms with Gasteiger partial charge in [0, 0.05) is 6.20 Å². The molecule has 0 amide bonds. The molecule has 4 heterocycles. The van der Waals surface area contributed by atoms with E-state index >= 15 is 0 Å². The first-order chi connectivity index (χ1) is 11.1. The third-order valence-corrected chi connectivity index (χ3v) is 5.43. The molecule has 4 aromatic rings. The second-order valence-corrected chi connectivity index (χ2v) is 7.60. The number of hydrogen-bond donors (Lipinski definition) is 0. The van der Waals surface area contributed by atoms with Crippen LogP contribution in [0.4, 0.5) is 0 Å². The minimum absolute atomic E-state index is 0.361. The quantitative estimate of drug-likeness (QED) is 0.566. The highest BCUT2D eigenvalue weighted by atomic mass is 32.1. The van der Waals surface area contributed by atoms with Crippen molar-refractivity contribution in [1.82, 2.24) is 29.8 Å². The van der Waals surface area contributed by atoms with Gasteiger partial charge in [-0.15, -0.1) is 21.5 Å². The van der Waals surface area contributed by atoms with Crippen LogP contribution in [0, 0.1) is 6.92 Å². The predicted octanol–water partition coefficient (Wildman–Crippen LogP) is 3.80. The van der Waals surface area contributed by atoms with E-state index in [0.717, 1.165) is 31.2 Å². The maximum absolute atomic E-state index is 4.72. The molecular formula is C15H14N6S2. The number of thiazole rings is 1. The summed E-state index contributed by atoms with van der Waals surface area (Å²) < 4.78 is 1.77. The molecule has 0 aliphatic carbocycles. The van der Waals surface area contributed by atoms with Crippen molar-refractivity contribution in [2.45, 2.75) is 26.7 Å². The lowest BCUT2D eigenvalue weighted by Crippen LogP contribution is -1.94. The Morgan fingerprint density at radius 3 is 2.74 bits per heavy atom. The van der Waals surface area contributed by atoms with Crippen molar-refractivity contribution in [3.63, 3.8) is 0 Å². The maximum Gasteiger partial charge on any atom is 0.235 e. The Morgan fingerprint density at radius 1 is 1.13 bits per heavy atom. The first kappa shape index (κ1) is 14.4. The highest BCUT2D eigenvalue weighted by Gasteiger charge is 2.20. The van der Waals surface area contributed by atoms with Gasteiger partial charge in [0.1, 0.15) is 5.69 Å². The van der Waals surface area contributed by atoms with Crippen LogP contribution in [0.5, 0.6) is 0 Å². The van der Waals surface area contributed by atoms with E-state index in [1.165, 1.54) is 11.3 Å². The van der Waals surface area contributed by atoms with E-state index in [2.05, 4.69) is 34.0 Å².